The van der Waals surface area contributed by atoms with Crippen LogP contribution in [0.1, 0.15) is 29.2 Å². The van der Waals surface area contributed by atoms with Crippen molar-refractivity contribution in [3.05, 3.63) is 64.7 Å². The van der Waals surface area contributed by atoms with E-state index in [-0.39, 0.29) is 12.0 Å². The van der Waals surface area contributed by atoms with Crippen molar-refractivity contribution < 1.29 is 19.1 Å². The van der Waals surface area contributed by atoms with Gasteiger partial charge in [0, 0.05) is 55.1 Å². The Kier molecular flexibility index (Phi) is 5.57. The molecule has 0 radical (unpaired) electrons. The van der Waals surface area contributed by atoms with Gasteiger partial charge in [-0.15, -0.1) is 0 Å². The minimum absolute atomic E-state index is 0.111. The molecule has 1 N–H and O–H groups in total. The van der Waals surface area contributed by atoms with E-state index in [2.05, 4.69) is 28.4 Å². The molecule has 0 saturated carbocycles. The number of amides is 2. The number of nitrogens with one attached hydrogen (secondary N) is 1. The second kappa shape index (κ2) is 8.67. The first-order chi connectivity index (χ1) is 15.6. The summed E-state index contributed by atoms with van der Waals surface area (Å²) in [7, 11) is 0. The van der Waals surface area contributed by atoms with Gasteiger partial charge in [-0.05, 0) is 25.0 Å². The monoisotopic (exact) mass is 433 g/mol. The van der Waals surface area contributed by atoms with Crippen LogP contribution in [-0.2, 0) is 27.3 Å². The third kappa shape index (κ3) is 3.84. The van der Waals surface area contributed by atoms with E-state index in [1.165, 1.54) is 5.56 Å². The van der Waals surface area contributed by atoms with E-state index >= 15 is 0 Å². The molecule has 0 aliphatic carbocycles. The van der Waals surface area contributed by atoms with Crippen LogP contribution in [0.4, 0.5) is 10.5 Å². The van der Waals surface area contributed by atoms with Crippen molar-refractivity contribution >= 4 is 29.0 Å². The van der Waals surface area contributed by atoms with Crippen molar-refractivity contribution in [2.45, 2.75) is 20.0 Å². The molecule has 1 saturated heterocycles. The Balaban J connectivity index is 1.25. The first-order valence-electron chi connectivity index (χ1n) is 11.2. The summed E-state index contributed by atoms with van der Waals surface area (Å²) in [5, 5.41) is 2.93. The highest BCUT2D eigenvalue weighted by Crippen LogP contribution is 2.41. The second-order valence-corrected chi connectivity index (χ2v) is 8.26. The van der Waals surface area contributed by atoms with Gasteiger partial charge < -0.3 is 19.7 Å². The number of carbonyl (C=O) groups is 2. The highest BCUT2D eigenvalue weighted by molar-refractivity contribution is 6.36. The molecule has 0 unspecified atom stereocenters. The number of hydrogen-bond acceptors (Lipinski definition) is 5. The predicted molar refractivity (Wildman–Crippen MR) is 122 cm³/mol. The Bertz CT molecular complexity index is 1090. The molecule has 2 aromatic rings. The molecule has 3 aliphatic rings. The number of ether oxygens (including phenoxy) is 2. The lowest BCUT2D eigenvalue weighted by molar-refractivity contribution is -0.110. The Morgan fingerprint density at radius 1 is 1.09 bits per heavy atom. The van der Waals surface area contributed by atoms with Gasteiger partial charge in [0.25, 0.3) is 5.91 Å². The lowest BCUT2D eigenvalue weighted by Gasteiger charge is -2.34. The van der Waals surface area contributed by atoms with Crippen LogP contribution in [0.25, 0.3) is 11.3 Å². The molecule has 0 aromatic heterocycles. The fourth-order valence-corrected chi connectivity index (χ4v) is 4.58. The van der Waals surface area contributed by atoms with Crippen LogP contribution in [0, 0.1) is 0 Å². The first kappa shape index (κ1) is 20.6. The Labute approximate surface area is 187 Å². The number of benzene rings is 2. The fraction of sp³-hybridized carbons (Fsp3) is 0.360. The maximum Gasteiger partial charge on any atom is 0.409 e. The van der Waals surface area contributed by atoms with Crippen LogP contribution < -0.4 is 5.32 Å². The smallest absolute Gasteiger partial charge is 0.409 e. The normalized spacial score (nSPS) is 19.9. The first-order valence-corrected chi connectivity index (χ1v) is 11.2. The largest absolute Gasteiger partial charge is 0.487 e. The number of fused-ring (bicyclic) bond motifs is 2. The van der Waals surface area contributed by atoms with Crippen molar-refractivity contribution in [2.24, 2.45) is 0 Å². The number of hydrogen-bond donors (Lipinski definition) is 1. The standard InChI is InChI=1S/C25H27N3O4/c1-2-31-25(30)28-13-11-27(12-14-28)10-9-17-7-8-19-18(15-17)16-32-23(19)22-20-5-3-4-6-21(20)26-24(22)29/h3-8,15H,2,9-14,16H2,1H3,(H,26,29). The van der Waals surface area contributed by atoms with Gasteiger partial charge in [-0.3, -0.25) is 9.69 Å². The minimum atomic E-state index is -0.214. The molecule has 2 aromatic carbocycles. The Morgan fingerprint density at radius 2 is 1.91 bits per heavy atom. The fourth-order valence-electron chi connectivity index (χ4n) is 4.58. The van der Waals surface area contributed by atoms with Crippen LogP contribution in [0.5, 0.6) is 0 Å². The van der Waals surface area contributed by atoms with Gasteiger partial charge in [-0.2, -0.15) is 0 Å². The summed E-state index contributed by atoms with van der Waals surface area (Å²) >= 11 is 0. The third-order valence-corrected chi connectivity index (χ3v) is 6.30. The molecule has 2 amide bonds. The molecule has 5 rings (SSSR count). The second-order valence-electron chi connectivity index (χ2n) is 8.26. The summed E-state index contributed by atoms with van der Waals surface area (Å²) in [6.07, 6.45) is 0.719. The quantitative estimate of drug-likeness (QED) is 0.749. The van der Waals surface area contributed by atoms with Crippen molar-refractivity contribution in [3.63, 3.8) is 0 Å². The van der Waals surface area contributed by atoms with Gasteiger partial charge in [0.05, 0.1) is 12.2 Å². The molecule has 3 aliphatic heterocycles. The highest BCUT2D eigenvalue weighted by atomic mass is 16.6. The number of rotatable bonds is 4. The SMILES string of the molecule is CCOC(=O)N1CCN(CCc2ccc3c(c2)COC3=C2C(=O)Nc3ccccc32)CC1. The van der Waals surface area contributed by atoms with E-state index in [4.69, 9.17) is 9.47 Å². The lowest BCUT2D eigenvalue weighted by Crippen LogP contribution is -2.49. The zero-order valence-electron chi connectivity index (χ0n) is 18.2. The summed E-state index contributed by atoms with van der Waals surface area (Å²) in [4.78, 5) is 28.6. The minimum Gasteiger partial charge on any atom is -0.487 e. The molecule has 0 bridgehead atoms. The van der Waals surface area contributed by atoms with E-state index < -0.39 is 0 Å². The van der Waals surface area contributed by atoms with Crippen molar-refractivity contribution in [1.29, 1.82) is 0 Å². The van der Waals surface area contributed by atoms with Gasteiger partial charge >= 0.3 is 6.09 Å². The maximum atomic E-state index is 12.6. The van der Waals surface area contributed by atoms with E-state index in [1.807, 2.05) is 31.2 Å². The molecule has 7 heteroatoms. The molecule has 0 atom stereocenters. The molecule has 1 fully saturated rings. The molecule has 0 spiro atoms. The predicted octanol–water partition coefficient (Wildman–Crippen LogP) is 3.35. The van der Waals surface area contributed by atoms with E-state index in [9.17, 15) is 9.59 Å². The number of carbonyl (C=O) groups excluding carboxylic acids is 2. The maximum absolute atomic E-state index is 12.6. The summed E-state index contributed by atoms with van der Waals surface area (Å²) in [6.45, 7) is 6.80. The summed E-state index contributed by atoms with van der Waals surface area (Å²) in [5.41, 5.74) is 5.71. The van der Waals surface area contributed by atoms with Gasteiger partial charge in [-0.1, -0.05) is 36.4 Å². The Morgan fingerprint density at radius 3 is 2.72 bits per heavy atom. The van der Waals surface area contributed by atoms with E-state index in [0.717, 1.165) is 48.4 Å². The zero-order valence-corrected chi connectivity index (χ0v) is 18.2. The van der Waals surface area contributed by atoms with Crippen LogP contribution in [0.15, 0.2) is 42.5 Å². The highest BCUT2D eigenvalue weighted by Gasteiger charge is 2.32. The van der Waals surface area contributed by atoms with Crippen molar-refractivity contribution in [2.75, 3.05) is 44.6 Å². The molecular formula is C25H27N3O4. The number of piperazine rings is 1. The van der Waals surface area contributed by atoms with Crippen LogP contribution in [0.3, 0.4) is 0 Å². The number of para-hydroxylation sites is 1. The zero-order chi connectivity index (χ0) is 22.1. The van der Waals surface area contributed by atoms with Gasteiger partial charge in [-0.25, -0.2) is 4.79 Å². The van der Waals surface area contributed by atoms with Crippen molar-refractivity contribution in [1.82, 2.24) is 9.80 Å². The van der Waals surface area contributed by atoms with Gasteiger partial charge in [0.2, 0.25) is 0 Å². The van der Waals surface area contributed by atoms with Crippen LogP contribution in [-0.4, -0.2) is 61.1 Å². The topological polar surface area (TPSA) is 71.1 Å². The van der Waals surface area contributed by atoms with Crippen LogP contribution >= 0.6 is 0 Å². The molecule has 166 valence electrons. The summed E-state index contributed by atoms with van der Waals surface area (Å²) in [5.74, 6) is 0.559. The molecular weight excluding hydrogens is 406 g/mol. The third-order valence-electron chi connectivity index (χ3n) is 6.30. The van der Waals surface area contributed by atoms with Gasteiger partial charge in [0.15, 0.2) is 0 Å². The average Bonchev–Trinajstić information content (AvgIpc) is 3.37. The van der Waals surface area contributed by atoms with Crippen molar-refractivity contribution in [3.8, 4) is 0 Å². The number of anilines is 1. The Hall–Kier alpha value is -3.32. The summed E-state index contributed by atoms with van der Waals surface area (Å²) < 4.78 is 11.1. The van der Waals surface area contributed by atoms with Gasteiger partial charge in [0.1, 0.15) is 12.4 Å². The molecule has 7 nitrogen and oxygen atoms in total. The molecule has 3 heterocycles. The lowest BCUT2D eigenvalue weighted by atomic mass is 9.98. The van der Waals surface area contributed by atoms with Crippen LogP contribution in [0.2, 0.25) is 0 Å². The average molecular weight is 434 g/mol. The summed E-state index contributed by atoms with van der Waals surface area (Å²) in [6, 6.07) is 14.1. The molecule has 32 heavy (non-hydrogen) atoms. The van der Waals surface area contributed by atoms with E-state index in [0.29, 0.717) is 37.6 Å². The number of nitrogens with zero attached hydrogens (tertiary/aromatic N) is 2. The van der Waals surface area contributed by atoms with E-state index in [1.54, 1.807) is 4.90 Å².